The Morgan fingerprint density at radius 3 is 2.10 bits per heavy atom. The fourth-order valence-corrected chi connectivity index (χ4v) is 2.32. The Balaban J connectivity index is 2.08. The number of nitrogens with one attached hydrogen (secondary N) is 1. The molecule has 2 aromatic rings. The van der Waals surface area contributed by atoms with E-state index < -0.39 is 0 Å². The van der Waals surface area contributed by atoms with Gasteiger partial charge in [-0.1, -0.05) is 47.5 Å². The average Bonchev–Trinajstić information content (AvgIpc) is 2.42. The van der Waals surface area contributed by atoms with Crippen molar-refractivity contribution in [2.45, 2.75) is 32.9 Å². The minimum Gasteiger partial charge on any atom is -0.304 e. The molecule has 0 saturated heterocycles. The second-order valence-corrected chi connectivity index (χ2v) is 5.60. The first kappa shape index (κ1) is 15.0. The zero-order valence-electron chi connectivity index (χ0n) is 12.0. The monoisotopic (exact) mass is 291 g/mol. The first-order valence-corrected chi connectivity index (χ1v) is 7.12. The molecule has 0 saturated carbocycles. The average molecular weight is 292 g/mol. The van der Waals surface area contributed by atoms with E-state index in [-0.39, 0.29) is 22.9 Å². The molecule has 106 valence electrons. The summed E-state index contributed by atoms with van der Waals surface area (Å²) in [4.78, 5) is 0. The third kappa shape index (κ3) is 3.59. The molecule has 20 heavy (non-hydrogen) atoms. The fraction of sp³-hybridized carbons (Fsp3) is 0.294. The van der Waals surface area contributed by atoms with Crippen molar-refractivity contribution in [2.75, 3.05) is 0 Å². The molecule has 1 N–H and O–H groups in total. The number of hydrogen-bond donors (Lipinski definition) is 1. The lowest BCUT2D eigenvalue weighted by Crippen LogP contribution is -2.22. The van der Waals surface area contributed by atoms with Crippen LogP contribution in [0.2, 0.25) is 5.02 Å². The zero-order chi connectivity index (χ0) is 14.7. The van der Waals surface area contributed by atoms with Gasteiger partial charge in [0, 0.05) is 12.1 Å². The van der Waals surface area contributed by atoms with Crippen LogP contribution in [0.5, 0.6) is 0 Å². The van der Waals surface area contributed by atoms with Gasteiger partial charge in [0.25, 0.3) is 0 Å². The molecule has 2 atom stereocenters. The van der Waals surface area contributed by atoms with E-state index in [1.54, 1.807) is 6.07 Å². The predicted octanol–water partition coefficient (Wildman–Crippen LogP) is 5.20. The van der Waals surface area contributed by atoms with Gasteiger partial charge in [0.15, 0.2) is 0 Å². The van der Waals surface area contributed by atoms with E-state index in [1.165, 1.54) is 17.2 Å². The van der Waals surface area contributed by atoms with E-state index in [0.29, 0.717) is 0 Å². The molecule has 0 radical (unpaired) electrons. The molecule has 1 nitrogen and oxygen atoms in total. The Morgan fingerprint density at radius 2 is 1.50 bits per heavy atom. The number of halogens is 2. The molecule has 0 aromatic heterocycles. The molecule has 2 aromatic carbocycles. The molecule has 0 heterocycles. The smallest absolute Gasteiger partial charge is 0.142 e. The summed E-state index contributed by atoms with van der Waals surface area (Å²) in [6.45, 7) is 6.20. The van der Waals surface area contributed by atoms with Crippen molar-refractivity contribution in [3.63, 3.8) is 0 Å². The molecule has 0 fully saturated rings. The Kier molecular flexibility index (Phi) is 4.79. The summed E-state index contributed by atoms with van der Waals surface area (Å²) in [6.07, 6.45) is 0. The van der Waals surface area contributed by atoms with Gasteiger partial charge < -0.3 is 5.32 Å². The van der Waals surface area contributed by atoms with Crippen molar-refractivity contribution in [2.24, 2.45) is 0 Å². The van der Waals surface area contributed by atoms with Crippen molar-refractivity contribution < 1.29 is 4.39 Å². The van der Waals surface area contributed by atoms with Crippen LogP contribution < -0.4 is 5.32 Å². The Bertz CT molecular complexity index is 580. The molecule has 0 aliphatic carbocycles. The van der Waals surface area contributed by atoms with Crippen LogP contribution in [-0.2, 0) is 0 Å². The topological polar surface area (TPSA) is 12.0 Å². The van der Waals surface area contributed by atoms with Gasteiger partial charge >= 0.3 is 0 Å². The van der Waals surface area contributed by atoms with Crippen LogP contribution in [-0.4, -0.2) is 0 Å². The maximum absolute atomic E-state index is 13.5. The number of benzene rings is 2. The van der Waals surface area contributed by atoms with Crippen LogP contribution in [0.1, 0.15) is 42.6 Å². The van der Waals surface area contributed by atoms with Gasteiger partial charge in [-0.3, -0.25) is 0 Å². The second-order valence-electron chi connectivity index (χ2n) is 5.19. The minimum absolute atomic E-state index is 0.0538. The van der Waals surface area contributed by atoms with Crippen LogP contribution in [0, 0.1) is 12.7 Å². The summed E-state index contributed by atoms with van der Waals surface area (Å²) in [6, 6.07) is 13.6. The molecule has 0 bridgehead atoms. The van der Waals surface area contributed by atoms with E-state index in [4.69, 9.17) is 11.6 Å². The van der Waals surface area contributed by atoms with Gasteiger partial charge in [-0.2, -0.15) is 0 Å². The number of aryl methyl sites for hydroxylation is 1. The van der Waals surface area contributed by atoms with E-state index in [1.807, 2.05) is 13.0 Å². The van der Waals surface area contributed by atoms with E-state index in [2.05, 4.69) is 43.4 Å². The van der Waals surface area contributed by atoms with Crippen LogP contribution in [0.4, 0.5) is 4.39 Å². The van der Waals surface area contributed by atoms with Crippen molar-refractivity contribution in [3.05, 3.63) is 70.0 Å². The van der Waals surface area contributed by atoms with Crippen molar-refractivity contribution >= 4 is 11.6 Å². The normalized spacial score (nSPS) is 14.1. The summed E-state index contributed by atoms with van der Waals surface area (Å²) >= 11 is 5.71. The molecular formula is C17H19ClFN. The zero-order valence-corrected chi connectivity index (χ0v) is 12.7. The lowest BCUT2D eigenvalue weighted by Gasteiger charge is -2.21. The maximum Gasteiger partial charge on any atom is 0.142 e. The highest BCUT2D eigenvalue weighted by Crippen LogP contribution is 2.23. The lowest BCUT2D eigenvalue weighted by atomic mass is 10.0. The van der Waals surface area contributed by atoms with Gasteiger partial charge in [0.05, 0.1) is 5.02 Å². The van der Waals surface area contributed by atoms with Crippen LogP contribution in [0.25, 0.3) is 0 Å². The van der Waals surface area contributed by atoms with Crippen molar-refractivity contribution in [1.29, 1.82) is 0 Å². The first-order valence-electron chi connectivity index (χ1n) is 6.75. The SMILES string of the molecule is Cc1ccc([C@H](C)NC(C)c2ccc(Cl)c(F)c2)cc1. The molecule has 1 unspecified atom stereocenters. The maximum atomic E-state index is 13.5. The van der Waals surface area contributed by atoms with Gasteiger partial charge in [-0.05, 0) is 44.0 Å². The predicted molar refractivity (Wildman–Crippen MR) is 82.6 cm³/mol. The highest BCUT2D eigenvalue weighted by molar-refractivity contribution is 6.30. The van der Waals surface area contributed by atoms with Crippen LogP contribution >= 0.6 is 11.6 Å². The molecule has 0 amide bonds. The Hall–Kier alpha value is -1.38. The first-order chi connectivity index (χ1) is 9.47. The Morgan fingerprint density at radius 1 is 0.950 bits per heavy atom. The summed E-state index contributed by atoms with van der Waals surface area (Å²) in [5.41, 5.74) is 3.36. The quantitative estimate of drug-likeness (QED) is 0.816. The largest absolute Gasteiger partial charge is 0.304 e. The highest BCUT2D eigenvalue weighted by atomic mass is 35.5. The number of rotatable bonds is 4. The summed E-state index contributed by atoms with van der Waals surface area (Å²) in [5.74, 6) is -0.374. The van der Waals surface area contributed by atoms with Crippen molar-refractivity contribution in [1.82, 2.24) is 5.32 Å². The third-order valence-corrected chi connectivity index (χ3v) is 3.83. The van der Waals surface area contributed by atoms with Gasteiger partial charge in [0.2, 0.25) is 0 Å². The minimum atomic E-state index is -0.374. The van der Waals surface area contributed by atoms with Gasteiger partial charge in [-0.15, -0.1) is 0 Å². The second kappa shape index (κ2) is 6.38. The summed E-state index contributed by atoms with van der Waals surface area (Å²) in [5, 5.41) is 3.63. The Labute approximate surface area is 124 Å². The molecule has 3 heteroatoms. The third-order valence-electron chi connectivity index (χ3n) is 3.52. The number of hydrogen-bond acceptors (Lipinski definition) is 1. The van der Waals surface area contributed by atoms with Crippen molar-refractivity contribution in [3.8, 4) is 0 Å². The highest BCUT2D eigenvalue weighted by Gasteiger charge is 2.12. The molecular weight excluding hydrogens is 273 g/mol. The summed E-state index contributed by atoms with van der Waals surface area (Å²) in [7, 11) is 0. The van der Waals surface area contributed by atoms with Crippen LogP contribution in [0.15, 0.2) is 42.5 Å². The molecule has 0 spiro atoms. The summed E-state index contributed by atoms with van der Waals surface area (Å²) < 4.78 is 13.5. The lowest BCUT2D eigenvalue weighted by molar-refractivity contribution is 0.492. The fourth-order valence-electron chi connectivity index (χ4n) is 2.20. The molecule has 0 aliphatic heterocycles. The van der Waals surface area contributed by atoms with E-state index in [9.17, 15) is 4.39 Å². The van der Waals surface area contributed by atoms with Gasteiger partial charge in [-0.25, -0.2) is 4.39 Å². The van der Waals surface area contributed by atoms with E-state index >= 15 is 0 Å². The van der Waals surface area contributed by atoms with E-state index in [0.717, 1.165) is 5.56 Å². The van der Waals surface area contributed by atoms with Crippen LogP contribution in [0.3, 0.4) is 0 Å². The van der Waals surface area contributed by atoms with Gasteiger partial charge in [0.1, 0.15) is 5.82 Å². The molecule has 0 aliphatic rings. The molecule has 2 rings (SSSR count). The standard InChI is InChI=1S/C17H19ClFN/c1-11-4-6-14(7-5-11)12(2)20-13(3)15-8-9-16(18)17(19)10-15/h4-10,12-13,20H,1-3H3/t12-,13?/m0/s1.